The summed E-state index contributed by atoms with van der Waals surface area (Å²) in [6, 6.07) is 3.99. The molecule has 2 heterocycles. The largest absolute Gasteiger partial charge is 0.319 e. The van der Waals surface area contributed by atoms with Crippen molar-refractivity contribution in [3.8, 4) is 0 Å². The van der Waals surface area contributed by atoms with Crippen LogP contribution in [0.25, 0.3) is 0 Å². The van der Waals surface area contributed by atoms with Crippen LogP contribution in [-0.2, 0) is 6.54 Å². The third kappa shape index (κ3) is 2.64. The maximum absolute atomic E-state index is 13.0. The highest BCUT2D eigenvalue weighted by molar-refractivity contribution is 6.33. The van der Waals surface area contributed by atoms with Gasteiger partial charge in [0, 0.05) is 12.6 Å². The molecule has 0 fully saturated rings. The molecular formula is C14H14ClFN4O. The molecule has 1 aliphatic heterocycles. The van der Waals surface area contributed by atoms with Crippen LogP contribution < -0.4 is 10.6 Å². The second-order valence-corrected chi connectivity index (χ2v) is 5.40. The number of imidazole rings is 1. The standard InChI is InChI=1S/C14H14ClFN4O/c1-8-5-17-7-13-18-6-12(20(8)13)14(21)19-11-3-2-9(16)4-10(11)15/h2-4,6,8,17H,5,7H2,1H3,(H,19,21)/t8-/m1/s1. The number of anilines is 1. The predicted molar refractivity (Wildman–Crippen MR) is 78.0 cm³/mol. The lowest BCUT2D eigenvalue weighted by Crippen LogP contribution is -2.33. The number of carbonyl (C=O) groups is 1. The molecule has 0 saturated carbocycles. The molecule has 2 N–H and O–H groups in total. The molecule has 3 rings (SSSR count). The van der Waals surface area contributed by atoms with Gasteiger partial charge in [0.15, 0.2) is 0 Å². The van der Waals surface area contributed by atoms with Gasteiger partial charge < -0.3 is 15.2 Å². The van der Waals surface area contributed by atoms with E-state index in [1.807, 2.05) is 11.5 Å². The Morgan fingerprint density at radius 1 is 1.57 bits per heavy atom. The van der Waals surface area contributed by atoms with Crippen LogP contribution in [0.2, 0.25) is 5.02 Å². The van der Waals surface area contributed by atoms with Crippen molar-refractivity contribution in [3.63, 3.8) is 0 Å². The Bertz CT molecular complexity index is 700. The molecule has 0 radical (unpaired) electrons. The number of hydrogen-bond donors (Lipinski definition) is 2. The van der Waals surface area contributed by atoms with Gasteiger partial charge in [0.05, 0.1) is 23.5 Å². The maximum atomic E-state index is 13.0. The van der Waals surface area contributed by atoms with Gasteiger partial charge in [0.25, 0.3) is 5.91 Å². The second kappa shape index (κ2) is 5.46. The number of nitrogens with one attached hydrogen (secondary N) is 2. The Morgan fingerprint density at radius 2 is 2.38 bits per heavy atom. The number of fused-ring (bicyclic) bond motifs is 1. The monoisotopic (exact) mass is 308 g/mol. The van der Waals surface area contributed by atoms with E-state index in [-0.39, 0.29) is 17.0 Å². The summed E-state index contributed by atoms with van der Waals surface area (Å²) in [5.41, 5.74) is 0.847. The zero-order chi connectivity index (χ0) is 15.0. The lowest BCUT2D eigenvalue weighted by atomic mass is 10.2. The van der Waals surface area contributed by atoms with Crippen molar-refractivity contribution >= 4 is 23.2 Å². The Kier molecular flexibility index (Phi) is 3.65. The summed E-state index contributed by atoms with van der Waals surface area (Å²) in [6.07, 6.45) is 1.55. The Labute approximate surface area is 126 Å². The Hall–Kier alpha value is -1.92. The van der Waals surface area contributed by atoms with Crippen molar-refractivity contribution in [1.82, 2.24) is 14.9 Å². The highest BCUT2D eigenvalue weighted by Gasteiger charge is 2.23. The van der Waals surface area contributed by atoms with Crippen LogP contribution in [0.3, 0.4) is 0 Å². The van der Waals surface area contributed by atoms with Crippen LogP contribution in [0.15, 0.2) is 24.4 Å². The van der Waals surface area contributed by atoms with Gasteiger partial charge in [-0.3, -0.25) is 4.79 Å². The molecule has 2 aromatic rings. The van der Waals surface area contributed by atoms with E-state index in [4.69, 9.17) is 11.6 Å². The fourth-order valence-electron chi connectivity index (χ4n) is 2.45. The molecule has 0 spiro atoms. The van der Waals surface area contributed by atoms with E-state index in [0.717, 1.165) is 18.4 Å². The highest BCUT2D eigenvalue weighted by atomic mass is 35.5. The van der Waals surface area contributed by atoms with E-state index in [9.17, 15) is 9.18 Å². The molecule has 1 aliphatic rings. The average molecular weight is 309 g/mol. The van der Waals surface area contributed by atoms with Crippen molar-refractivity contribution in [2.75, 3.05) is 11.9 Å². The number of rotatable bonds is 2. The average Bonchev–Trinajstić information content (AvgIpc) is 2.87. The first-order chi connectivity index (χ1) is 10.1. The van der Waals surface area contributed by atoms with Crippen LogP contribution >= 0.6 is 11.6 Å². The fourth-order valence-corrected chi connectivity index (χ4v) is 2.67. The molecule has 1 aromatic carbocycles. The van der Waals surface area contributed by atoms with Crippen molar-refractivity contribution in [2.45, 2.75) is 19.5 Å². The molecule has 110 valence electrons. The summed E-state index contributed by atoms with van der Waals surface area (Å²) < 4.78 is 14.9. The van der Waals surface area contributed by atoms with Crippen LogP contribution in [0, 0.1) is 5.82 Å². The van der Waals surface area contributed by atoms with Crippen molar-refractivity contribution in [1.29, 1.82) is 0 Å². The molecule has 0 saturated heterocycles. The van der Waals surface area contributed by atoms with Crippen LogP contribution in [-0.4, -0.2) is 22.0 Å². The van der Waals surface area contributed by atoms with E-state index < -0.39 is 5.82 Å². The van der Waals surface area contributed by atoms with E-state index >= 15 is 0 Å². The molecule has 0 bridgehead atoms. The topological polar surface area (TPSA) is 59.0 Å². The number of carbonyl (C=O) groups excluding carboxylic acids is 1. The van der Waals surface area contributed by atoms with Gasteiger partial charge in [0.1, 0.15) is 17.3 Å². The second-order valence-electron chi connectivity index (χ2n) is 4.99. The first-order valence-corrected chi connectivity index (χ1v) is 6.97. The summed E-state index contributed by atoms with van der Waals surface area (Å²) in [5.74, 6) is 0.0690. The predicted octanol–water partition coefficient (Wildman–Crippen LogP) is 2.59. The molecule has 5 nitrogen and oxygen atoms in total. The number of amides is 1. The van der Waals surface area contributed by atoms with Crippen molar-refractivity contribution < 1.29 is 9.18 Å². The number of hydrogen-bond acceptors (Lipinski definition) is 3. The van der Waals surface area contributed by atoms with E-state index in [1.54, 1.807) is 6.20 Å². The fraction of sp³-hybridized carbons (Fsp3) is 0.286. The summed E-state index contributed by atoms with van der Waals surface area (Å²) in [6.45, 7) is 3.43. The SMILES string of the molecule is C[C@@H]1CNCc2ncc(C(=O)Nc3ccc(F)cc3Cl)n21. The number of nitrogens with zero attached hydrogens (tertiary/aromatic N) is 2. The lowest BCUT2D eigenvalue weighted by molar-refractivity contribution is 0.101. The minimum atomic E-state index is -0.445. The summed E-state index contributed by atoms with van der Waals surface area (Å²) in [5, 5.41) is 6.09. The normalized spacial score (nSPS) is 17.4. The van der Waals surface area contributed by atoms with Gasteiger partial charge in [-0.2, -0.15) is 0 Å². The maximum Gasteiger partial charge on any atom is 0.273 e. The smallest absolute Gasteiger partial charge is 0.273 e. The number of aromatic nitrogens is 2. The third-order valence-electron chi connectivity index (χ3n) is 3.45. The minimum Gasteiger partial charge on any atom is -0.319 e. The van der Waals surface area contributed by atoms with Crippen molar-refractivity contribution in [2.24, 2.45) is 0 Å². The first kappa shape index (κ1) is 14.0. The quantitative estimate of drug-likeness (QED) is 0.896. The first-order valence-electron chi connectivity index (χ1n) is 6.59. The van der Waals surface area contributed by atoms with Gasteiger partial charge in [0.2, 0.25) is 0 Å². The summed E-state index contributed by atoms with van der Waals surface area (Å²) in [4.78, 5) is 16.6. The molecule has 1 amide bonds. The van der Waals surface area contributed by atoms with Crippen LogP contribution in [0.5, 0.6) is 0 Å². The number of halogens is 2. The lowest BCUT2D eigenvalue weighted by Gasteiger charge is -2.24. The zero-order valence-electron chi connectivity index (χ0n) is 11.4. The summed E-state index contributed by atoms with van der Waals surface area (Å²) >= 11 is 5.92. The minimum absolute atomic E-state index is 0.140. The van der Waals surface area contributed by atoms with Gasteiger partial charge in [-0.25, -0.2) is 9.37 Å². The molecular weight excluding hydrogens is 295 g/mol. The van der Waals surface area contributed by atoms with Gasteiger partial charge >= 0.3 is 0 Å². The summed E-state index contributed by atoms with van der Waals surface area (Å²) in [7, 11) is 0. The Morgan fingerprint density at radius 3 is 3.14 bits per heavy atom. The zero-order valence-corrected chi connectivity index (χ0v) is 12.1. The van der Waals surface area contributed by atoms with Crippen molar-refractivity contribution in [3.05, 3.63) is 46.8 Å². The van der Waals surface area contributed by atoms with E-state index in [2.05, 4.69) is 15.6 Å². The van der Waals surface area contributed by atoms with Crippen LogP contribution in [0.1, 0.15) is 29.3 Å². The highest BCUT2D eigenvalue weighted by Crippen LogP contribution is 2.24. The number of benzene rings is 1. The van der Waals surface area contributed by atoms with E-state index in [1.165, 1.54) is 12.1 Å². The van der Waals surface area contributed by atoms with Crippen LogP contribution in [0.4, 0.5) is 10.1 Å². The molecule has 1 aromatic heterocycles. The Balaban J connectivity index is 1.88. The molecule has 7 heteroatoms. The van der Waals surface area contributed by atoms with E-state index in [0.29, 0.717) is 17.9 Å². The molecule has 0 aliphatic carbocycles. The molecule has 1 atom stereocenters. The van der Waals surface area contributed by atoms with Gasteiger partial charge in [-0.05, 0) is 25.1 Å². The van der Waals surface area contributed by atoms with Gasteiger partial charge in [-0.1, -0.05) is 11.6 Å². The third-order valence-corrected chi connectivity index (χ3v) is 3.76. The molecule has 21 heavy (non-hydrogen) atoms. The molecule has 0 unspecified atom stereocenters. The van der Waals surface area contributed by atoms with Gasteiger partial charge in [-0.15, -0.1) is 0 Å².